The second-order valence-corrected chi connectivity index (χ2v) is 19.6. The summed E-state index contributed by atoms with van der Waals surface area (Å²) in [7, 11) is -1.87. The fraction of sp³-hybridized carbons (Fsp3) is 0.818. The maximum atomic E-state index is 10.8. The lowest BCUT2D eigenvalue weighted by atomic mass is 9.60. The fourth-order valence-corrected chi connectivity index (χ4v) is 8.76. The van der Waals surface area contributed by atoms with Crippen LogP contribution in [0, 0.1) is 29.1 Å². The van der Waals surface area contributed by atoms with Gasteiger partial charge in [0.25, 0.3) is 0 Å². The van der Waals surface area contributed by atoms with E-state index in [1.54, 1.807) is 5.57 Å². The van der Waals surface area contributed by atoms with Gasteiger partial charge in [-0.1, -0.05) is 92.0 Å². The summed E-state index contributed by atoms with van der Waals surface area (Å²) in [6.07, 6.45) is 16.7. The minimum atomic E-state index is -1.87. The van der Waals surface area contributed by atoms with Crippen molar-refractivity contribution in [3.8, 4) is 0 Å². The van der Waals surface area contributed by atoms with Crippen molar-refractivity contribution in [2.45, 2.75) is 143 Å². The molecule has 0 aromatic carbocycles. The molecule has 0 aromatic heterocycles. The normalized spacial score (nSPS) is 35.0. The van der Waals surface area contributed by atoms with Crippen LogP contribution in [0.1, 0.15) is 113 Å². The van der Waals surface area contributed by atoms with E-state index in [1.165, 1.54) is 56.9 Å². The van der Waals surface area contributed by atoms with E-state index in [2.05, 4.69) is 80.3 Å². The Morgan fingerprint density at radius 2 is 1.83 bits per heavy atom. The zero-order valence-electron chi connectivity index (χ0n) is 25.3. The molecule has 0 heterocycles. The standard InChI is InChI=1S/C33H58O2Si/c1-23(2)13-11-14-24(3)29-18-19-30-26(15-12-20-33(29,30)8)16-17-27-21-28(22-31(34)25(27)4)35-36(9,10)32(5,6)7/h16-17,23-24,28-31,34H,4,11-15,18-22H2,1-3,5-10H3/b26-16+,27-17+/t24-,28?,29-,30+,31+,33-/m1/s1. The predicted octanol–water partition coefficient (Wildman–Crippen LogP) is 9.62. The van der Waals surface area contributed by atoms with Gasteiger partial charge in [-0.05, 0) is 96.9 Å². The maximum absolute atomic E-state index is 10.8. The van der Waals surface area contributed by atoms with Crippen LogP contribution in [0.4, 0.5) is 0 Å². The second kappa shape index (κ2) is 11.6. The molecule has 3 aliphatic carbocycles. The molecule has 0 bridgehead atoms. The van der Waals surface area contributed by atoms with E-state index in [9.17, 15) is 5.11 Å². The van der Waals surface area contributed by atoms with Crippen LogP contribution in [0.5, 0.6) is 0 Å². The predicted molar refractivity (Wildman–Crippen MR) is 159 cm³/mol. The summed E-state index contributed by atoms with van der Waals surface area (Å²) in [5.41, 5.74) is 4.22. The van der Waals surface area contributed by atoms with Gasteiger partial charge in [-0.25, -0.2) is 0 Å². The molecule has 3 saturated carbocycles. The Kier molecular flexibility index (Phi) is 9.65. The molecule has 3 heteroatoms. The molecule has 0 aromatic rings. The third-order valence-electron chi connectivity index (χ3n) is 10.7. The number of aliphatic hydroxyl groups is 1. The van der Waals surface area contributed by atoms with Crippen LogP contribution in [-0.4, -0.2) is 25.6 Å². The van der Waals surface area contributed by atoms with Crippen LogP contribution in [0.3, 0.4) is 0 Å². The van der Waals surface area contributed by atoms with Gasteiger partial charge in [0.1, 0.15) is 0 Å². The molecule has 3 fully saturated rings. The first-order valence-corrected chi connectivity index (χ1v) is 18.0. The molecule has 0 spiro atoms. The van der Waals surface area contributed by atoms with Gasteiger partial charge in [-0.2, -0.15) is 0 Å². The summed E-state index contributed by atoms with van der Waals surface area (Å²) < 4.78 is 6.73. The Balaban J connectivity index is 1.74. The van der Waals surface area contributed by atoms with Gasteiger partial charge in [0, 0.05) is 6.42 Å². The Bertz CT molecular complexity index is 829. The Morgan fingerprint density at radius 3 is 2.47 bits per heavy atom. The van der Waals surface area contributed by atoms with Gasteiger partial charge in [-0.3, -0.25) is 0 Å². The van der Waals surface area contributed by atoms with Crippen LogP contribution < -0.4 is 0 Å². The third-order valence-corrected chi connectivity index (χ3v) is 15.2. The van der Waals surface area contributed by atoms with Gasteiger partial charge in [0.15, 0.2) is 8.32 Å². The lowest BCUT2D eigenvalue weighted by Gasteiger charge is -2.44. The first-order valence-electron chi connectivity index (χ1n) is 15.1. The maximum Gasteiger partial charge on any atom is 0.192 e. The molecule has 3 rings (SSSR count). The Labute approximate surface area is 225 Å². The number of allylic oxidation sites excluding steroid dienone is 3. The van der Waals surface area contributed by atoms with Gasteiger partial charge < -0.3 is 9.53 Å². The molecule has 206 valence electrons. The van der Waals surface area contributed by atoms with Crippen molar-refractivity contribution in [2.75, 3.05) is 0 Å². The summed E-state index contributed by atoms with van der Waals surface area (Å²) in [6, 6.07) is 0. The van der Waals surface area contributed by atoms with E-state index in [4.69, 9.17) is 4.43 Å². The van der Waals surface area contributed by atoms with Crippen molar-refractivity contribution in [2.24, 2.45) is 29.1 Å². The first kappa shape index (κ1) is 29.9. The largest absolute Gasteiger partial charge is 0.413 e. The molecule has 3 aliphatic rings. The third kappa shape index (κ3) is 6.67. The first-order chi connectivity index (χ1) is 16.7. The number of aliphatic hydroxyl groups excluding tert-OH is 1. The van der Waals surface area contributed by atoms with E-state index in [0.717, 1.165) is 35.7 Å². The summed E-state index contributed by atoms with van der Waals surface area (Å²) in [4.78, 5) is 0. The van der Waals surface area contributed by atoms with E-state index in [1.807, 2.05) is 0 Å². The summed E-state index contributed by atoms with van der Waals surface area (Å²) in [5.74, 6) is 3.24. The lowest BCUT2D eigenvalue weighted by molar-refractivity contribution is 0.0917. The molecule has 0 aliphatic heterocycles. The van der Waals surface area contributed by atoms with Crippen molar-refractivity contribution < 1.29 is 9.53 Å². The zero-order chi connectivity index (χ0) is 26.9. The van der Waals surface area contributed by atoms with Crippen molar-refractivity contribution in [3.63, 3.8) is 0 Å². The summed E-state index contributed by atoms with van der Waals surface area (Å²) >= 11 is 0. The quantitative estimate of drug-likeness (QED) is 0.327. The molecule has 2 nitrogen and oxygen atoms in total. The van der Waals surface area contributed by atoms with Gasteiger partial charge in [0.05, 0.1) is 12.2 Å². The monoisotopic (exact) mass is 514 g/mol. The van der Waals surface area contributed by atoms with E-state index in [-0.39, 0.29) is 11.1 Å². The Morgan fingerprint density at radius 1 is 1.14 bits per heavy atom. The van der Waals surface area contributed by atoms with E-state index in [0.29, 0.717) is 11.8 Å². The lowest BCUT2D eigenvalue weighted by Crippen LogP contribution is -2.46. The molecule has 6 atom stereocenters. The van der Waals surface area contributed by atoms with Crippen molar-refractivity contribution in [1.29, 1.82) is 0 Å². The Hall–Kier alpha value is -0.643. The smallest absolute Gasteiger partial charge is 0.192 e. The minimum Gasteiger partial charge on any atom is -0.413 e. The van der Waals surface area contributed by atoms with Crippen LogP contribution >= 0.6 is 0 Å². The molecule has 1 unspecified atom stereocenters. The van der Waals surface area contributed by atoms with Gasteiger partial charge in [-0.15, -0.1) is 0 Å². The fourth-order valence-electron chi connectivity index (χ4n) is 7.39. The minimum absolute atomic E-state index is 0.0928. The number of rotatable bonds is 8. The molecular formula is C33H58O2Si. The van der Waals surface area contributed by atoms with E-state index < -0.39 is 14.4 Å². The molecule has 0 saturated heterocycles. The van der Waals surface area contributed by atoms with E-state index >= 15 is 0 Å². The highest BCUT2D eigenvalue weighted by molar-refractivity contribution is 6.74. The molecule has 0 radical (unpaired) electrons. The second-order valence-electron chi connectivity index (χ2n) is 14.8. The molecule has 1 N–H and O–H groups in total. The van der Waals surface area contributed by atoms with Crippen LogP contribution in [0.25, 0.3) is 0 Å². The zero-order valence-corrected chi connectivity index (χ0v) is 26.3. The number of hydrogen-bond acceptors (Lipinski definition) is 2. The summed E-state index contributed by atoms with van der Waals surface area (Å²) in [5, 5.41) is 11.0. The van der Waals surface area contributed by atoms with Crippen molar-refractivity contribution in [1.82, 2.24) is 0 Å². The van der Waals surface area contributed by atoms with Crippen LogP contribution in [0.15, 0.2) is 35.5 Å². The SMILES string of the molecule is C=C1/C(=C/C=C2\CCC[C@]3(C)[C@@H]([C@H](C)CCCC(C)C)CC[C@@H]23)CC(O[Si](C)(C)C(C)(C)C)C[C@@H]1O. The van der Waals surface area contributed by atoms with Crippen LogP contribution in [-0.2, 0) is 4.43 Å². The number of hydrogen-bond donors (Lipinski definition) is 1. The summed E-state index contributed by atoms with van der Waals surface area (Å²) in [6.45, 7) is 25.6. The van der Waals surface area contributed by atoms with Gasteiger partial charge in [0.2, 0.25) is 0 Å². The molecular weight excluding hydrogens is 456 g/mol. The van der Waals surface area contributed by atoms with Crippen molar-refractivity contribution in [3.05, 3.63) is 35.5 Å². The highest BCUT2D eigenvalue weighted by atomic mass is 28.4. The van der Waals surface area contributed by atoms with Crippen molar-refractivity contribution >= 4 is 8.32 Å². The number of fused-ring (bicyclic) bond motifs is 1. The van der Waals surface area contributed by atoms with Crippen LogP contribution in [0.2, 0.25) is 18.1 Å². The average molecular weight is 515 g/mol. The van der Waals surface area contributed by atoms with Gasteiger partial charge >= 0.3 is 0 Å². The highest BCUT2D eigenvalue weighted by Gasteiger charge is 2.50. The molecule has 0 amide bonds. The molecule has 36 heavy (non-hydrogen) atoms. The topological polar surface area (TPSA) is 29.5 Å². The average Bonchev–Trinajstić information content (AvgIpc) is 3.11. The highest BCUT2D eigenvalue weighted by Crippen LogP contribution is 2.60.